The Hall–Kier alpha value is -5.49. The Bertz CT molecular complexity index is 2550. The standard InChI is InChI=1S/C56H74N6O9S/c1-36-9-10-42(29-45(36)50-47(64)31-56(7,8)32-48(50)65)40-15-17-44(18-16-40)71-28-27-69-25-23-60-19-21-61(22-20-60)24-26-70-34-49(66)59-52(55(4,5)6)54(68)62-33-43(63)30-46(62)53(67)58-37(2)39-11-13-41(14-12-39)51-38(3)57-35-72-51/h9-18,29,35,37,43,46,52,63-64H,19-28,30-34H2,1-8H3,(H,58,67)(H,59,66)/t37-,43+,46-,52+/m0/s1. The number of hydrogen-bond donors (Lipinski definition) is 4. The molecule has 72 heavy (non-hydrogen) atoms. The van der Waals surface area contributed by atoms with Crippen LogP contribution in [0.1, 0.15) is 89.2 Å². The van der Waals surface area contributed by atoms with E-state index in [0.717, 1.165) is 82.4 Å². The molecule has 16 heteroatoms. The highest BCUT2D eigenvalue weighted by molar-refractivity contribution is 7.13. The molecule has 0 bridgehead atoms. The molecular weight excluding hydrogens is 933 g/mol. The number of hydrogen-bond acceptors (Lipinski definition) is 13. The van der Waals surface area contributed by atoms with E-state index in [1.807, 2.05) is 128 Å². The van der Waals surface area contributed by atoms with Gasteiger partial charge < -0.3 is 40.0 Å². The number of piperazine rings is 1. The van der Waals surface area contributed by atoms with Crippen LogP contribution in [-0.2, 0) is 28.7 Å². The maximum Gasteiger partial charge on any atom is 0.246 e. The molecule has 15 nitrogen and oxygen atoms in total. The number of carbonyl (C=O) groups is 4. The quantitative estimate of drug-likeness (QED) is 0.0658. The molecule has 1 aromatic heterocycles. The second kappa shape index (κ2) is 24.0. The topological polar surface area (TPSA) is 183 Å². The van der Waals surface area contributed by atoms with Crippen LogP contribution in [0.15, 0.2) is 78.0 Å². The lowest BCUT2D eigenvalue weighted by Crippen LogP contribution is -2.58. The van der Waals surface area contributed by atoms with Gasteiger partial charge in [-0.25, -0.2) is 4.98 Å². The predicted molar refractivity (Wildman–Crippen MR) is 281 cm³/mol. The molecule has 0 unspecified atom stereocenters. The van der Waals surface area contributed by atoms with Crippen LogP contribution in [0.5, 0.6) is 5.75 Å². The number of benzene rings is 3. The predicted octanol–water partition coefficient (Wildman–Crippen LogP) is 7.15. The summed E-state index contributed by atoms with van der Waals surface area (Å²) in [5, 5.41) is 27.4. The van der Waals surface area contributed by atoms with Gasteiger partial charge in [-0.1, -0.05) is 83.1 Å². The van der Waals surface area contributed by atoms with Crippen molar-refractivity contribution in [3.8, 4) is 27.3 Å². The summed E-state index contributed by atoms with van der Waals surface area (Å²) >= 11 is 1.58. The molecule has 4 N–H and O–H groups in total. The van der Waals surface area contributed by atoms with Crippen LogP contribution in [0.4, 0.5) is 0 Å². The number of aliphatic hydroxyl groups is 2. The van der Waals surface area contributed by atoms with Crippen molar-refractivity contribution in [1.29, 1.82) is 0 Å². The van der Waals surface area contributed by atoms with Gasteiger partial charge in [0, 0.05) is 65.1 Å². The van der Waals surface area contributed by atoms with Crippen LogP contribution in [0.2, 0.25) is 0 Å². The number of aryl methyl sites for hydroxylation is 2. The van der Waals surface area contributed by atoms with E-state index >= 15 is 0 Å². The van der Waals surface area contributed by atoms with Gasteiger partial charge in [0.05, 0.1) is 53.6 Å². The molecule has 2 aliphatic heterocycles. The zero-order chi connectivity index (χ0) is 51.7. The number of ether oxygens (including phenoxy) is 3. The molecule has 0 saturated carbocycles. The Morgan fingerprint density at radius 1 is 0.847 bits per heavy atom. The number of nitrogens with one attached hydrogen (secondary N) is 2. The number of β-amino-alcohol motifs (C(OH)–C–C–N with tert-alkyl or cyclic N) is 1. The first-order valence-electron chi connectivity index (χ1n) is 25.2. The molecule has 388 valence electrons. The number of nitrogens with zero attached hydrogens (tertiary/aromatic N) is 4. The maximum absolute atomic E-state index is 14.1. The van der Waals surface area contributed by atoms with Gasteiger partial charge in [-0.05, 0) is 83.2 Å². The fourth-order valence-corrected chi connectivity index (χ4v) is 10.5. The summed E-state index contributed by atoms with van der Waals surface area (Å²) in [6, 6.07) is 19.7. The van der Waals surface area contributed by atoms with Gasteiger partial charge in [0.25, 0.3) is 0 Å². The van der Waals surface area contributed by atoms with Crippen molar-refractivity contribution in [2.75, 3.05) is 78.8 Å². The van der Waals surface area contributed by atoms with E-state index in [1.54, 1.807) is 11.3 Å². The van der Waals surface area contributed by atoms with E-state index in [2.05, 4.69) is 25.4 Å². The van der Waals surface area contributed by atoms with Crippen LogP contribution in [-0.4, -0.2) is 150 Å². The molecule has 2 saturated heterocycles. The van der Waals surface area contributed by atoms with Crippen molar-refractivity contribution in [3.05, 3.63) is 100 Å². The normalized spacial score (nSPS) is 19.6. The molecule has 1 aliphatic carbocycles. The van der Waals surface area contributed by atoms with Crippen molar-refractivity contribution >= 4 is 40.4 Å². The molecule has 3 amide bonds. The van der Waals surface area contributed by atoms with Gasteiger partial charge in [-0.3, -0.25) is 29.0 Å². The summed E-state index contributed by atoms with van der Waals surface area (Å²) in [5.41, 5.74) is 7.95. The Balaban J connectivity index is 0.766. The van der Waals surface area contributed by atoms with Gasteiger partial charge in [0.2, 0.25) is 17.7 Å². The molecule has 4 atom stereocenters. The minimum atomic E-state index is -0.942. The number of Topliss-reactive ketones (excluding diaryl/α,β-unsaturated/α-hetero) is 1. The average molecular weight is 1010 g/mol. The first-order chi connectivity index (χ1) is 34.3. The summed E-state index contributed by atoms with van der Waals surface area (Å²) in [7, 11) is 0. The van der Waals surface area contributed by atoms with Crippen molar-refractivity contribution in [1.82, 2.24) is 30.3 Å². The number of ketones is 1. The van der Waals surface area contributed by atoms with E-state index in [1.165, 1.54) is 4.90 Å². The van der Waals surface area contributed by atoms with E-state index < -0.39 is 35.4 Å². The monoisotopic (exact) mass is 1010 g/mol. The Morgan fingerprint density at radius 3 is 2.11 bits per heavy atom. The van der Waals surface area contributed by atoms with Gasteiger partial charge in [0.15, 0.2) is 5.78 Å². The van der Waals surface area contributed by atoms with Crippen LogP contribution < -0.4 is 15.4 Å². The molecule has 4 aromatic rings. The number of amides is 3. The second-order valence-electron chi connectivity index (χ2n) is 21.4. The third-order valence-corrected chi connectivity index (χ3v) is 14.9. The fourth-order valence-electron chi connectivity index (χ4n) is 9.74. The molecule has 7 rings (SSSR count). The summed E-state index contributed by atoms with van der Waals surface area (Å²) in [5.74, 6) is -0.304. The first kappa shape index (κ1) is 54.3. The van der Waals surface area contributed by atoms with Gasteiger partial charge in [-0.15, -0.1) is 11.3 Å². The first-order valence-corrected chi connectivity index (χ1v) is 26.1. The summed E-state index contributed by atoms with van der Waals surface area (Å²) in [6.07, 6.45) is 0.129. The highest BCUT2D eigenvalue weighted by atomic mass is 32.1. The maximum atomic E-state index is 14.1. The lowest BCUT2D eigenvalue weighted by Gasteiger charge is -2.35. The number of likely N-dealkylation sites (tertiary alicyclic amines) is 1. The largest absolute Gasteiger partial charge is 0.512 e. The average Bonchev–Trinajstić information content (AvgIpc) is 3.95. The number of rotatable bonds is 20. The van der Waals surface area contributed by atoms with Gasteiger partial charge in [-0.2, -0.15) is 0 Å². The summed E-state index contributed by atoms with van der Waals surface area (Å²) in [6.45, 7) is 22.0. The van der Waals surface area contributed by atoms with Gasteiger partial charge >= 0.3 is 0 Å². The fraction of sp³-hybridized carbons (Fsp3) is 0.518. The van der Waals surface area contributed by atoms with Crippen LogP contribution in [0, 0.1) is 24.7 Å². The zero-order valence-corrected chi connectivity index (χ0v) is 44.1. The third-order valence-electron chi connectivity index (χ3n) is 13.9. The molecule has 0 spiro atoms. The molecule has 3 aromatic carbocycles. The minimum Gasteiger partial charge on any atom is -0.512 e. The van der Waals surface area contributed by atoms with Crippen molar-refractivity contribution in [2.24, 2.45) is 10.8 Å². The van der Waals surface area contributed by atoms with Crippen molar-refractivity contribution in [3.63, 3.8) is 0 Å². The van der Waals surface area contributed by atoms with E-state index in [-0.39, 0.29) is 48.5 Å². The smallest absolute Gasteiger partial charge is 0.246 e. The zero-order valence-electron chi connectivity index (χ0n) is 43.3. The van der Waals surface area contributed by atoms with Crippen LogP contribution >= 0.6 is 11.3 Å². The molecule has 0 radical (unpaired) electrons. The molecule has 2 fully saturated rings. The minimum absolute atomic E-state index is 0.00426. The second-order valence-corrected chi connectivity index (χ2v) is 22.2. The van der Waals surface area contributed by atoms with E-state index in [0.29, 0.717) is 51.4 Å². The number of aliphatic hydroxyl groups excluding tert-OH is 2. The van der Waals surface area contributed by atoms with Crippen LogP contribution in [0.25, 0.3) is 27.1 Å². The van der Waals surface area contributed by atoms with E-state index in [9.17, 15) is 29.4 Å². The molecular formula is C56H74N6O9S. The SMILES string of the molecule is Cc1ccc(-c2ccc(OCCOCCN3CCN(CCOCC(=O)N[C@H](C(=O)N4C[C@H](O)C[C@H]4C(=O)N[C@@H](C)c4ccc(-c5scnc5C)cc4)C(C)(C)C)CC3)cc2)cc1C1=C(O)CC(C)(C)CC1=O. The number of aromatic nitrogens is 1. The third kappa shape index (κ3) is 14.2. The van der Waals surface area contributed by atoms with Crippen LogP contribution in [0.3, 0.4) is 0 Å². The Labute approximate surface area is 428 Å². The lowest BCUT2D eigenvalue weighted by atomic mass is 9.74. The van der Waals surface area contributed by atoms with E-state index in [4.69, 9.17) is 14.2 Å². The molecule has 3 heterocycles. The lowest BCUT2D eigenvalue weighted by molar-refractivity contribution is -0.144. The molecule has 3 aliphatic rings. The van der Waals surface area contributed by atoms with Gasteiger partial charge in [0.1, 0.15) is 36.8 Å². The Morgan fingerprint density at radius 2 is 1.49 bits per heavy atom. The summed E-state index contributed by atoms with van der Waals surface area (Å²) in [4.78, 5) is 65.5. The number of allylic oxidation sites excluding steroid dienone is 2. The summed E-state index contributed by atoms with van der Waals surface area (Å²) < 4.78 is 17.7. The number of carbonyl (C=O) groups excluding carboxylic acids is 4. The highest BCUT2D eigenvalue weighted by Gasteiger charge is 2.45. The van der Waals surface area contributed by atoms with Crippen molar-refractivity contribution < 1.29 is 43.6 Å². The van der Waals surface area contributed by atoms with Crippen molar-refractivity contribution in [2.45, 2.75) is 98.9 Å². The highest BCUT2D eigenvalue weighted by Crippen LogP contribution is 2.41. The Kier molecular flexibility index (Phi) is 18.1. The number of thiazole rings is 1.